The smallest absolute Gasteiger partial charge is 0.261 e. The van der Waals surface area contributed by atoms with Crippen molar-refractivity contribution in [1.29, 1.82) is 0 Å². The van der Waals surface area contributed by atoms with Gasteiger partial charge in [-0.15, -0.1) is 0 Å². The molecule has 1 unspecified atom stereocenters. The van der Waals surface area contributed by atoms with Crippen LogP contribution in [-0.4, -0.2) is 40.6 Å². The minimum absolute atomic E-state index is 0.0107. The molecule has 3 heterocycles. The van der Waals surface area contributed by atoms with E-state index in [1.807, 2.05) is 21.6 Å². The maximum atomic E-state index is 13.2. The van der Waals surface area contributed by atoms with Gasteiger partial charge in [-0.1, -0.05) is 25.0 Å². The Hall–Kier alpha value is -3.15. The molecule has 0 bridgehead atoms. The summed E-state index contributed by atoms with van der Waals surface area (Å²) >= 11 is 0. The van der Waals surface area contributed by atoms with Gasteiger partial charge in [0.2, 0.25) is 0 Å². The van der Waals surface area contributed by atoms with Crippen molar-refractivity contribution in [3.8, 4) is 5.75 Å². The van der Waals surface area contributed by atoms with Gasteiger partial charge in [0.25, 0.3) is 11.5 Å². The molecule has 0 saturated carbocycles. The third kappa shape index (κ3) is 3.90. The van der Waals surface area contributed by atoms with Crippen LogP contribution in [0.2, 0.25) is 0 Å². The quantitative estimate of drug-likeness (QED) is 0.625. The molecule has 2 aliphatic heterocycles. The van der Waals surface area contributed by atoms with Crippen molar-refractivity contribution in [1.82, 2.24) is 14.5 Å². The highest BCUT2D eigenvalue weighted by Crippen LogP contribution is 2.29. The Labute approximate surface area is 187 Å². The van der Waals surface area contributed by atoms with Gasteiger partial charge in [-0.25, -0.2) is 4.98 Å². The van der Waals surface area contributed by atoms with E-state index in [1.165, 1.54) is 12.0 Å². The van der Waals surface area contributed by atoms with Crippen LogP contribution in [0.1, 0.15) is 59.8 Å². The molecule has 5 rings (SSSR count). The molecule has 2 aliphatic rings. The number of likely N-dealkylation sites (tertiary alicyclic amines) is 1. The second kappa shape index (κ2) is 8.77. The molecule has 2 aromatic carbocycles. The van der Waals surface area contributed by atoms with Crippen molar-refractivity contribution < 1.29 is 9.53 Å². The molecule has 3 aromatic rings. The standard InChI is InChI=1S/C26H29N3O3/c1-32-21-10-7-18(8-11-21)20-13-15-28(17-20)25(30)19-9-12-22-23(16-19)27-24-6-4-2-3-5-14-29(24)26(22)31/h7-12,16,20H,2-6,13-15,17H2,1H3. The summed E-state index contributed by atoms with van der Waals surface area (Å²) in [6.07, 6.45) is 6.16. The number of hydrogen-bond acceptors (Lipinski definition) is 4. The minimum atomic E-state index is 0.0107. The first-order valence-corrected chi connectivity index (χ1v) is 11.6. The van der Waals surface area contributed by atoms with Gasteiger partial charge in [-0.3, -0.25) is 14.2 Å². The Bertz CT molecular complexity index is 1200. The van der Waals surface area contributed by atoms with Crippen LogP contribution < -0.4 is 10.3 Å². The molecule has 6 nitrogen and oxygen atoms in total. The summed E-state index contributed by atoms with van der Waals surface area (Å²) < 4.78 is 7.08. The van der Waals surface area contributed by atoms with Crippen molar-refractivity contribution >= 4 is 16.8 Å². The number of benzene rings is 2. The second-order valence-corrected chi connectivity index (χ2v) is 8.89. The molecular formula is C26H29N3O3. The summed E-state index contributed by atoms with van der Waals surface area (Å²) in [5.41, 5.74) is 2.49. The molecule has 1 atom stereocenters. The summed E-state index contributed by atoms with van der Waals surface area (Å²) in [7, 11) is 1.66. The van der Waals surface area contributed by atoms with Crippen molar-refractivity contribution in [3.63, 3.8) is 0 Å². The first-order chi connectivity index (χ1) is 15.6. The zero-order valence-corrected chi connectivity index (χ0v) is 18.5. The number of amides is 1. The Kier molecular flexibility index (Phi) is 5.68. The molecule has 166 valence electrons. The fourth-order valence-electron chi connectivity index (χ4n) is 5.00. The Balaban J connectivity index is 1.38. The van der Waals surface area contributed by atoms with Crippen molar-refractivity contribution in [2.75, 3.05) is 20.2 Å². The van der Waals surface area contributed by atoms with Gasteiger partial charge < -0.3 is 9.64 Å². The van der Waals surface area contributed by atoms with E-state index >= 15 is 0 Å². The normalized spacial score (nSPS) is 18.8. The highest BCUT2D eigenvalue weighted by molar-refractivity contribution is 5.97. The van der Waals surface area contributed by atoms with Crippen LogP contribution in [0.3, 0.4) is 0 Å². The third-order valence-corrected chi connectivity index (χ3v) is 6.88. The Morgan fingerprint density at radius 1 is 1.03 bits per heavy atom. The molecule has 32 heavy (non-hydrogen) atoms. The minimum Gasteiger partial charge on any atom is -0.497 e. The van der Waals surface area contributed by atoms with Crippen LogP contribution >= 0.6 is 0 Å². The largest absolute Gasteiger partial charge is 0.497 e. The fourth-order valence-corrected chi connectivity index (χ4v) is 5.00. The number of ether oxygens (including phenoxy) is 1. The number of fused-ring (bicyclic) bond motifs is 2. The number of rotatable bonds is 3. The molecule has 1 fully saturated rings. The highest BCUT2D eigenvalue weighted by atomic mass is 16.5. The molecule has 6 heteroatoms. The highest BCUT2D eigenvalue weighted by Gasteiger charge is 2.28. The van der Waals surface area contributed by atoms with E-state index in [0.717, 1.165) is 56.8 Å². The number of methoxy groups -OCH3 is 1. The number of carbonyl (C=O) groups excluding carboxylic acids is 1. The summed E-state index contributed by atoms with van der Waals surface area (Å²) in [5.74, 6) is 2.03. The average Bonchev–Trinajstić information content (AvgIpc) is 3.30. The van der Waals surface area contributed by atoms with Crippen LogP contribution in [0, 0.1) is 0 Å². The van der Waals surface area contributed by atoms with E-state index in [2.05, 4.69) is 12.1 Å². The lowest BCUT2D eigenvalue weighted by molar-refractivity contribution is 0.0791. The van der Waals surface area contributed by atoms with Gasteiger partial charge in [-0.2, -0.15) is 0 Å². The molecule has 1 aromatic heterocycles. The first kappa shape index (κ1) is 20.7. The van der Waals surface area contributed by atoms with E-state index in [0.29, 0.717) is 28.9 Å². The fraction of sp³-hybridized carbons (Fsp3) is 0.423. The number of nitrogens with zero attached hydrogens (tertiary/aromatic N) is 3. The van der Waals surface area contributed by atoms with Gasteiger partial charge >= 0.3 is 0 Å². The van der Waals surface area contributed by atoms with E-state index in [1.54, 1.807) is 25.3 Å². The Morgan fingerprint density at radius 3 is 2.66 bits per heavy atom. The summed E-state index contributed by atoms with van der Waals surface area (Å²) in [4.78, 5) is 33.0. The summed E-state index contributed by atoms with van der Waals surface area (Å²) in [6, 6.07) is 13.5. The van der Waals surface area contributed by atoms with Crippen LogP contribution in [-0.2, 0) is 13.0 Å². The molecule has 1 saturated heterocycles. The maximum absolute atomic E-state index is 13.2. The summed E-state index contributed by atoms with van der Waals surface area (Å²) in [5, 5.41) is 0.600. The number of carbonyl (C=O) groups is 1. The second-order valence-electron chi connectivity index (χ2n) is 8.89. The van der Waals surface area contributed by atoms with Crippen LogP contribution in [0.4, 0.5) is 0 Å². The maximum Gasteiger partial charge on any atom is 0.261 e. The van der Waals surface area contributed by atoms with Gasteiger partial charge in [0.1, 0.15) is 11.6 Å². The molecule has 0 N–H and O–H groups in total. The predicted molar refractivity (Wildman–Crippen MR) is 124 cm³/mol. The predicted octanol–water partition coefficient (Wildman–Crippen LogP) is 4.15. The van der Waals surface area contributed by atoms with Gasteiger partial charge in [0.15, 0.2) is 0 Å². The van der Waals surface area contributed by atoms with Crippen molar-refractivity contribution in [2.45, 2.75) is 51.0 Å². The van der Waals surface area contributed by atoms with Gasteiger partial charge in [-0.05, 0) is 55.2 Å². The zero-order valence-electron chi connectivity index (χ0n) is 18.5. The molecule has 1 amide bonds. The van der Waals surface area contributed by atoms with Crippen molar-refractivity contribution in [2.24, 2.45) is 0 Å². The van der Waals surface area contributed by atoms with Crippen LogP contribution in [0.15, 0.2) is 47.3 Å². The number of aryl methyl sites for hydroxylation is 1. The zero-order chi connectivity index (χ0) is 22.1. The SMILES string of the molecule is COc1ccc(C2CCN(C(=O)c3ccc4c(=O)n5c(nc4c3)CCCCCC5)C2)cc1. The van der Waals surface area contributed by atoms with E-state index < -0.39 is 0 Å². The summed E-state index contributed by atoms with van der Waals surface area (Å²) in [6.45, 7) is 2.16. The molecular weight excluding hydrogens is 402 g/mol. The van der Waals surface area contributed by atoms with E-state index in [4.69, 9.17) is 9.72 Å². The molecule has 0 aliphatic carbocycles. The average molecular weight is 432 g/mol. The monoisotopic (exact) mass is 431 g/mol. The number of aromatic nitrogens is 2. The molecule has 0 radical (unpaired) electrons. The van der Waals surface area contributed by atoms with Gasteiger partial charge in [0, 0.05) is 37.5 Å². The topological polar surface area (TPSA) is 64.4 Å². The van der Waals surface area contributed by atoms with E-state index in [-0.39, 0.29) is 11.5 Å². The third-order valence-electron chi connectivity index (χ3n) is 6.88. The number of hydrogen-bond donors (Lipinski definition) is 0. The molecule has 0 spiro atoms. The first-order valence-electron chi connectivity index (χ1n) is 11.6. The van der Waals surface area contributed by atoms with Crippen molar-refractivity contribution in [3.05, 3.63) is 69.8 Å². The Morgan fingerprint density at radius 2 is 1.84 bits per heavy atom. The van der Waals surface area contributed by atoms with Gasteiger partial charge in [0.05, 0.1) is 18.0 Å². The van der Waals surface area contributed by atoms with Crippen LogP contribution in [0.25, 0.3) is 10.9 Å². The van der Waals surface area contributed by atoms with Crippen LogP contribution in [0.5, 0.6) is 5.75 Å². The van der Waals surface area contributed by atoms with E-state index in [9.17, 15) is 9.59 Å². The lowest BCUT2D eigenvalue weighted by Gasteiger charge is -2.18. The lowest BCUT2D eigenvalue weighted by atomic mass is 9.98. The lowest BCUT2D eigenvalue weighted by Crippen LogP contribution is -2.29.